The first kappa shape index (κ1) is 25.9. The van der Waals surface area contributed by atoms with Crippen molar-refractivity contribution in [3.05, 3.63) is 52.9 Å². The molecule has 0 spiro atoms. The summed E-state index contributed by atoms with van der Waals surface area (Å²) in [6.45, 7) is 5.75. The van der Waals surface area contributed by atoms with Crippen LogP contribution in [-0.4, -0.2) is 67.5 Å². The van der Waals surface area contributed by atoms with Crippen LogP contribution in [0.5, 0.6) is 0 Å². The van der Waals surface area contributed by atoms with Gasteiger partial charge in [0.05, 0.1) is 16.9 Å². The number of carbonyl (C=O) groups excluding carboxylic acids is 1. The number of hydroxylamine groups is 2. The molecule has 0 saturated carbocycles. The quantitative estimate of drug-likeness (QED) is 0.321. The summed E-state index contributed by atoms with van der Waals surface area (Å²) in [7, 11) is -2.06. The average molecular weight is 560 g/mol. The van der Waals surface area contributed by atoms with Crippen molar-refractivity contribution >= 4 is 55.3 Å². The molecule has 9 nitrogen and oxygen atoms in total. The number of hydrogen-bond acceptors (Lipinski definition) is 9. The predicted octanol–water partition coefficient (Wildman–Crippen LogP) is 4.55. The second kappa shape index (κ2) is 10.9. The van der Waals surface area contributed by atoms with Gasteiger partial charge in [-0.05, 0) is 30.0 Å². The minimum Gasteiger partial charge on any atom is -0.368 e. The summed E-state index contributed by atoms with van der Waals surface area (Å²) in [6.07, 6.45) is 3.13. The molecule has 196 valence electrons. The topological polar surface area (TPSA) is 98.8 Å². The molecule has 12 heteroatoms. The minimum atomic E-state index is -3.64. The van der Waals surface area contributed by atoms with Gasteiger partial charge in [-0.1, -0.05) is 25.1 Å². The number of aromatic nitrogens is 2. The number of carbonyl (C=O) groups is 1. The van der Waals surface area contributed by atoms with Crippen LogP contribution in [0.3, 0.4) is 0 Å². The molecule has 1 fully saturated rings. The summed E-state index contributed by atoms with van der Waals surface area (Å²) in [6, 6.07) is 11.0. The van der Waals surface area contributed by atoms with Crippen molar-refractivity contribution in [3.63, 3.8) is 0 Å². The van der Waals surface area contributed by atoms with E-state index in [4.69, 9.17) is 4.84 Å². The Labute approximate surface area is 224 Å². The highest BCUT2D eigenvalue weighted by atomic mass is 32.2. The molecule has 1 aliphatic rings. The maximum absolute atomic E-state index is 13.1. The lowest BCUT2D eigenvalue weighted by atomic mass is 10.2. The summed E-state index contributed by atoms with van der Waals surface area (Å²) < 4.78 is 27.8. The highest BCUT2D eigenvalue weighted by molar-refractivity contribution is 7.94. The third kappa shape index (κ3) is 5.58. The van der Waals surface area contributed by atoms with E-state index in [1.165, 1.54) is 15.6 Å². The van der Waals surface area contributed by atoms with E-state index in [0.29, 0.717) is 29.4 Å². The van der Waals surface area contributed by atoms with Crippen molar-refractivity contribution in [3.8, 4) is 10.7 Å². The Morgan fingerprint density at radius 3 is 2.73 bits per heavy atom. The van der Waals surface area contributed by atoms with Gasteiger partial charge >= 0.3 is 5.97 Å². The van der Waals surface area contributed by atoms with Gasteiger partial charge in [0.15, 0.2) is 0 Å². The van der Waals surface area contributed by atoms with Gasteiger partial charge in [-0.25, -0.2) is 13.4 Å². The van der Waals surface area contributed by atoms with Crippen LogP contribution in [0.4, 0.5) is 5.69 Å². The fourth-order valence-corrected chi connectivity index (χ4v) is 7.59. The van der Waals surface area contributed by atoms with Gasteiger partial charge in [-0.3, -0.25) is 14.0 Å². The lowest BCUT2D eigenvalue weighted by Crippen LogP contribution is -2.46. The lowest BCUT2D eigenvalue weighted by Gasteiger charge is -2.32. The number of rotatable bonds is 9. The van der Waals surface area contributed by atoms with E-state index < -0.39 is 10.0 Å². The number of fused-ring (bicyclic) bond motifs is 1. The predicted molar refractivity (Wildman–Crippen MR) is 147 cm³/mol. The Balaban J connectivity index is 1.28. The van der Waals surface area contributed by atoms with Gasteiger partial charge in [0, 0.05) is 62.7 Å². The summed E-state index contributed by atoms with van der Waals surface area (Å²) in [5.41, 5.74) is 2.20. The van der Waals surface area contributed by atoms with Crippen molar-refractivity contribution in [2.45, 2.75) is 30.5 Å². The van der Waals surface area contributed by atoms with Crippen molar-refractivity contribution in [2.75, 3.05) is 37.5 Å². The number of thiophene rings is 1. The molecule has 0 aliphatic carbocycles. The molecule has 1 aliphatic heterocycles. The number of benzene rings is 1. The number of nitrogens with one attached hydrogen (secondary N) is 1. The van der Waals surface area contributed by atoms with Crippen LogP contribution >= 0.6 is 22.7 Å². The standard InChI is InChI=1S/C25H29N5O4S3/c1-3-6-22(31)34-30-12-10-29(11-13-30)17-19-16-26-25(36-19)20-15-18-7-4-8-21(24(18)27-20)28(2)37(32,33)23-9-5-14-35-23/h4-5,7-9,14-16,27H,3,6,10-13,17H2,1-2H3. The molecule has 0 atom stereocenters. The lowest BCUT2D eigenvalue weighted by molar-refractivity contribution is -0.197. The number of nitrogens with zero attached hydrogens (tertiary/aromatic N) is 4. The molecule has 5 rings (SSSR count). The van der Waals surface area contributed by atoms with Crippen molar-refractivity contribution < 1.29 is 18.0 Å². The minimum absolute atomic E-state index is 0.167. The number of hydrogen-bond donors (Lipinski definition) is 1. The summed E-state index contributed by atoms with van der Waals surface area (Å²) in [5, 5.41) is 5.29. The molecule has 37 heavy (non-hydrogen) atoms. The van der Waals surface area contributed by atoms with Gasteiger partial charge in [0.1, 0.15) is 9.22 Å². The van der Waals surface area contributed by atoms with E-state index in [2.05, 4.69) is 14.9 Å². The largest absolute Gasteiger partial charge is 0.368 e. The maximum atomic E-state index is 13.1. The molecule has 1 N–H and O–H groups in total. The fraction of sp³-hybridized carbons (Fsp3) is 0.360. The van der Waals surface area contributed by atoms with Crippen molar-refractivity contribution in [2.24, 2.45) is 0 Å². The molecule has 1 saturated heterocycles. The molecule has 4 aromatic rings. The van der Waals surface area contributed by atoms with Gasteiger partial charge in [-0.2, -0.15) is 0 Å². The van der Waals surface area contributed by atoms with Crippen LogP contribution in [0.25, 0.3) is 21.6 Å². The van der Waals surface area contributed by atoms with Gasteiger partial charge < -0.3 is 9.82 Å². The molecule has 1 aromatic carbocycles. The Bertz CT molecular complexity index is 1470. The van der Waals surface area contributed by atoms with Crippen molar-refractivity contribution in [1.29, 1.82) is 0 Å². The average Bonchev–Trinajstić information content (AvgIpc) is 3.65. The second-order valence-electron chi connectivity index (χ2n) is 8.88. The maximum Gasteiger partial charge on any atom is 0.325 e. The normalized spacial score (nSPS) is 15.3. The molecule has 3 aromatic heterocycles. The monoisotopic (exact) mass is 559 g/mol. The first-order valence-electron chi connectivity index (χ1n) is 12.1. The molecule has 0 unspecified atom stereocenters. The van der Waals surface area contributed by atoms with Crippen LogP contribution in [0, 0.1) is 0 Å². The van der Waals surface area contributed by atoms with Crippen LogP contribution in [0.1, 0.15) is 24.6 Å². The first-order chi connectivity index (χ1) is 17.8. The van der Waals surface area contributed by atoms with Crippen LogP contribution in [0.2, 0.25) is 0 Å². The Hall–Kier alpha value is -2.77. The third-order valence-corrected chi connectivity index (χ3v) is 10.4. The Morgan fingerprint density at radius 2 is 2.00 bits per heavy atom. The number of aromatic amines is 1. The summed E-state index contributed by atoms with van der Waals surface area (Å²) >= 11 is 2.82. The van der Waals surface area contributed by atoms with E-state index in [9.17, 15) is 13.2 Å². The zero-order valence-electron chi connectivity index (χ0n) is 20.7. The second-order valence-corrected chi connectivity index (χ2v) is 13.1. The molecule has 0 radical (unpaired) electrons. The molecule has 0 bridgehead atoms. The molecular formula is C25H29N5O4S3. The number of anilines is 1. The zero-order valence-corrected chi connectivity index (χ0v) is 23.2. The van der Waals surface area contributed by atoms with Gasteiger partial charge in [0.25, 0.3) is 10.0 Å². The zero-order chi connectivity index (χ0) is 26.0. The molecule has 0 amide bonds. The van der Waals surface area contributed by atoms with Gasteiger partial charge in [0.2, 0.25) is 0 Å². The Morgan fingerprint density at radius 1 is 1.19 bits per heavy atom. The summed E-state index contributed by atoms with van der Waals surface area (Å²) in [5.74, 6) is -0.167. The first-order valence-corrected chi connectivity index (χ1v) is 15.3. The molecule has 4 heterocycles. The Kier molecular flexibility index (Phi) is 7.63. The fourth-order valence-electron chi connectivity index (χ4n) is 4.29. The van der Waals surface area contributed by atoms with E-state index in [-0.39, 0.29) is 5.97 Å². The smallest absolute Gasteiger partial charge is 0.325 e. The number of sulfonamides is 1. The number of H-pyrrole nitrogens is 1. The van der Waals surface area contributed by atoms with E-state index in [0.717, 1.165) is 52.5 Å². The van der Waals surface area contributed by atoms with Crippen LogP contribution < -0.4 is 4.31 Å². The molecular weight excluding hydrogens is 531 g/mol. The number of para-hydroxylation sites is 1. The third-order valence-electron chi connectivity index (χ3n) is 6.26. The summed E-state index contributed by atoms with van der Waals surface area (Å²) in [4.78, 5) is 28.6. The highest BCUT2D eigenvalue weighted by Crippen LogP contribution is 2.35. The van der Waals surface area contributed by atoms with Crippen LogP contribution in [-0.2, 0) is 26.2 Å². The van der Waals surface area contributed by atoms with Crippen LogP contribution in [0.15, 0.2) is 52.2 Å². The van der Waals surface area contributed by atoms with E-state index in [1.807, 2.05) is 31.3 Å². The van der Waals surface area contributed by atoms with Crippen molar-refractivity contribution in [1.82, 2.24) is 19.9 Å². The van der Waals surface area contributed by atoms with E-state index in [1.54, 1.807) is 47.0 Å². The number of piperazine rings is 1. The van der Waals surface area contributed by atoms with E-state index >= 15 is 0 Å². The number of thiazole rings is 1. The van der Waals surface area contributed by atoms with Gasteiger partial charge in [-0.15, -0.1) is 27.7 Å². The highest BCUT2D eigenvalue weighted by Gasteiger charge is 2.25. The SMILES string of the molecule is CCCC(=O)ON1CCN(Cc2cnc(-c3cc4cccc(N(C)S(=O)(=O)c5cccs5)c4[nH]3)s2)CC1.